The fraction of sp³-hybridized carbons (Fsp3) is 0.643. The molecule has 0 aromatic carbocycles. The van der Waals surface area contributed by atoms with Crippen molar-refractivity contribution in [2.75, 3.05) is 13.2 Å². The molecular formula is C14H20ClNO2S. The van der Waals surface area contributed by atoms with E-state index < -0.39 is 0 Å². The van der Waals surface area contributed by atoms with Gasteiger partial charge in [0, 0.05) is 12.6 Å². The number of nitrogens with zero attached hydrogens (tertiary/aromatic N) is 1. The molecule has 19 heavy (non-hydrogen) atoms. The van der Waals surface area contributed by atoms with E-state index in [4.69, 9.17) is 16.3 Å². The molecule has 0 aliphatic carbocycles. The molecule has 1 aliphatic heterocycles. The van der Waals surface area contributed by atoms with Gasteiger partial charge >= 0.3 is 0 Å². The summed E-state index contributed by atoms with van der Waals surface area (Å²) < 4.78 is 6.34. The molecule has 1 aromatic heterocycles. The highest BCUT2D eigenvalue weighted by molar-refractivity contribution is 7.18. The SMILES string of the molecule is CCC1COC(C)CN1C(C)C(=O)c1ccc(Cl)s1. The normalized spacial score (nSPS) is 26.3. The molecule has 1 aliphatic rings. The predicted molar refractivity (Wildman–Crippen MR) is 79.3 cm³/mol. The van der Waals surface area contributed by atoms with Gasteiger partial charge in [0.25, 0.3) is 0 Å². The third kappa shape index (κ3) is 3.37. The summed E-state index contributed by atoms with van der Waals surface area (Å²) >= 11 is 7.26. The zero-order valence-corrected chi connectivity index (χ0v) is 13.1. The molecular weight excluding hydrogens is 282 g/mol. The van der Waals surface area contributed by atoms with Gasteiger partial charge in [-0.25, -0.2) is 0 Å². The van der Waals surface area contributed by atoms with Gasteiger partial charge < -0.3 is 4.74 Å². The molecule has 3 atom stereocenters. The molecule has 1 saturated heterocycles. The second kappa shape index (κ2) is 6.35. The molecule has 3 unspecified atom stereocenters. The van der Waals surface area contributed by atoms with Crippen LogP contribution in [0.3, 0.4) is 0 Å². The van der Waals surface area contributed by atoms with Crippen molar-refractivity contribution in [1.82, 2.24) is 4.90 Å². The smallest absolute Gasteiger partial charge is 0.189 e. The quantitative estimate of drug-likeness (QED) is 0.798. The van der Waals surface area contributed by atoms with Gasteiger partial charge in [0.15, 0.2) is 5.78 Å². The number of halogens is 1. The Bertz CT molecular complexity index is 448. The van der Waals surface area contributed by atoms with Crippen molar-refractivity contribution in [3.63, 3.8) is 0 Å². The summed E-state index contributed by atoms with van der Waals surface area (Å²) in [6.07, 6.45) is 1.18. The van der Waals surface area contributed by atoms with Crippen LogP contribution in [-0.4, -0.2) is 42.0 Å². The van der Waals surface area contributed by atoms with Crippen molar-refractivity contribution in [1.29, 1.82) is 0 Å². The van der Waals surface area contributed by atoms with E-state index in [1.807, 2.05) is 13.0 Å². The minimum Gasteiger partial charge on any atom is -0.376 e. The number of ketones is 1. The minimum absolute atomic E-state index is 0.119. The number of thiophene rings is 1. The summed E-state index contributed by atoms with van der Waals surface area (Å²) in [5.41, 5.74) is 0. The summed E-state index contributed by atoms with van der Waals surface area (Å²) in [6, 6.07) is 3.80. The first-order valence-electron chi connectivity index (χ1n) is 6.69. The van der Waals surface area contributed by atoms with Crippen LogP contribution in [-0.2, 0) is 4.74 Å². The Balaban J connectivity index is 2.12. The van der Waals surface area contributed by atoms with Gasteiger partial charge in [0.2, 0.25) is 0 Å². The Hall–Kier alpha value is -0.420. The zero-order chi connectivity index (χ0) is 14.0. The monoisotopic (exact) mass is 301 g/mol. The topological polar surface area (TPSA) is 29.5 Å². The number of hydrogen-bond acceptors (Lipinski definition) is 4. The van der Waals surface area contributed by atoms with Gasteiger partial charge in [0.1, 0.15) is 0 Å². The number of ether oxygens (including phenoxy) is 1. The van der Waals surface area contributed by atoms with E-state index in [1.54, 1.807) is 6.07 Å². The van der Waals surface area contributed by atoms with Crippen molar-refractivity contribution in [3.8, 4) is 0 Å². The number of carbonyl (C=O) groups is 1. The number of morpholine rings is 1. The van der Waals surface area contributed by atoms with Gasteiger partial charge in [-0.1, -0.05) is 18.5 Å². The Morgan fingerprint density at radius 1 is 1.63 bits per heavy atom. The van der Waals surface area contributed by atoms with E-state index in [2.05, 4.69) is 18.7 Å². The molecule has 0 spiro atoms. The maximum Gasteiger partial charge on any atom is 0.189 e. The summed E-state index contributed by atoms with van der Waals surface area (Å²) in [6.45, 7) is 7.69. The van der Waals surface area contributed by atoms with Crippen molar-refractivity contribution in [2.24, 2.45) is 0 Å². The number of hydrogen-bond donors (Lipinski definition) is 0. The van der Waals surface area contributed by atoms with Crippen LogP contribution in [0.25, 0.3) is 0 Å². The van der Waals surface area contributed by atoms with Gasteiger partial charge in [-0.2, -0.15) is 0 Å². The minimum atomic E-state index is -0.119. The third-order valence-electron chi connectivity index (χ3n) is 3.67. The standard InChI is InChI=1S/C14H20ClNO2S/c1-4-11-8-18-9(2)7-16(11)10(3)14(17)12-5-6-13(15)19-12/h5-6,9-11H,4,7-8H2,1-3H3. The highest BCUT2D eigenvalue weighted by Gasteiger charge is 2.33. The van der Waals surface area contributed by atoms with Crippen molar-refractivity contribution in [2.45, 2.75) is 45.4 Å². The lowest BCUT2D eigenvalue weighted by molar-refractivity contribution is -0.0648. The van der Waals surface area contributed by atoms with E-state index in [9.17, 15) is 4.79 Å². The molecule has 5 heteroatoms. The lowest BCUT2D eigenvalue weighted by Crippen LogP contribution is -2.54. The Morgan fingerprint density at radius 2 is 2.37 bits per heavy atom. The molecule has 0 amide bonds. The molecule has 1 aromatic rings. The molecule has 1 fully saturated rings. The zero-order valence-electron chi connectivity index (χ0n) is 11.6. The number of carbonyl (C=O) groups excluding carboxylic acids is 1. The van der Waals surface area contributed by atoms with Crippen molar-refractivity contribution < 1.29 is 9.53 Å². The van der Waals surface area contributed by atoms with Crippen molar-refractivity contribution in [3.05, 3.63) is 21.3 Å². The lowest BCUT2D eigenvalue weighted by atomic mass is 10.0. The predicted octanol–water partition coefficient (Wildman–Crippen LogP) is 3.47. The van der Waals surface area contributed by atoms with E-state index in [-0.39, 0.29) is 17.9 Å². The molecule has 0 saturated carbocycles. The molecule has 106 valence electrons. The number of rotatable bonds is 4. The van der Waals surface area contributed by atoms with Gasteiger partial charge in [-0.05, 0) is 32.4 Å². The highest BCUT2D eigenvalue weighted by atomic mass is 35.5. The second-order valence-corrected chi connectivity index (χ2v) is 6.76. The lowest BCUT2D eigenvalue weighted by Gasteiger charge is -2.41. The first kappa shape index (κ1) is 15.0. The summed E-state index contributed by atoms with van der Waals surface area (Å²) in [5, 5.41) is 0. The average Bonchev–Trinajstić information content (AvgIpc) is 2.83. The highest BCUT2D eigenvalue weighted by Crippen LogP contribution is 2.25. The van der Waals surface area contributed by atoms with Gasteiger partial charge in [0.05, 0.1) is 28.0 Å². The van der Waals surface area contributed by atoms with Crippen LogP contribution in [0.4, 0.5) is 0 Å². The van der Waals surface area contributed by atoms with Crippen LogP contribution in [0.5, 0.6) is 0 Å². The molecule has 2 heterocycles. The van der Waals surface area contributed by atoms with E-state index >= 15 is 0 Å². The van der Waals surface area contributed by atoms with Gasteiger partial charge in [-0.3, -0.25) is 9.69 Å². The van der Waals surface area contributed by atoms with E-state index in [0.29, 0.717) is 17.0 Å². The molecule has 0 radical (unpaired) electrons. The summed E-state index contributed by atoms with van der Waals surface area (Å²) in [4.78, 5) is 15.5. The first-order valence-corrected chi connectivity index (χ1v) is 7.89. The van der Waals surface area contributed by atoms with Crippen molar-refractivity contribution >= 4 is 28.7 Å². The maximum absolute atomic E-state index is 12.5. The maximum atomic E-state index is 12.5. The number of Topliss-reactive ketones (excluding diaryl/α,β-unsaturated/α-hetero) is 1. The average molecular weight is 302 g/mol. The molecule has 3 nitrogen and oxygen atoms in total. The Labute approximate surface area is 123 Å². The summed E-state index contributed by atoms with van der Waals surface area (Å²) in [7, 11) is 0. The Morgan fingerprint density at radius 3 is 2.95 bits per heavy atom. The van der Waals surface area contributed by atoms with Crippen LogP contribution < -0.4 is 0 Å². The molecule has 2 rings (SSSR count). The van der Waals surface area contributed by atoms with Crippen LogP contribution in [0.2, 0.25) is 4.34 Å². The molecule has 0 N–H and O–H groups in total. The van der Waals surface area contributed by atoms with Crippen LogP contribution in [0.15, 0.2) is 12.1 Å². The third-order valence-corrected chi connectivity index (χ3v) is 4.92. The second-order valence-electron chi connectivity index (χ2n) is 5.05. The largest absolute Gasteiger partial charge is 0.376 e. The van der Waals surface area contributed by atoms with E-state index in [1.165, 1.54) is 11.3 Å². The van der Waals surface area contributed by atoms with Crippen LogP contribution >= 0.6 is 22.9 Å². The van der Waals surface area contributed by atoms with Crippen LogP contribution in [0.1, 0.15) is 36.9 Å². The summed E-state index contributed by atoms with van der Waals surface area (Å²) in [5.74, 6) is 0.157. The fourth-order valence-corrected chi connectivity index (χ4v) is 3.57. The Kier molecular flexibility index (Phi) is 5.01. The first-order chi connectivity index (χ1) is 9.02. The fourth-order valence-electron chi connectivity index (χ4n) is 2.50. The van der Waals surface area contributed by atoms with E-state index in [0.717, 1.165) is 17.8 Å². The molecule has 0 bridgehead atoms. The van der Waals surface area contributed by atoms with Gasteiger partial charge in [-0.15, -0.1) is 11.3 Å². The van der Waals surface area contributed by atoms with Crippen LogP contribution in [0, 0.1) is 0 Å².